The summed E-state index contributed by atoms with van der Waals surface area (Å²) in [4.78, 5) is 42.1. The smallest absolute Gasteiger partial charge is 0.318 e. The average Bonchev–Trinajstić information content (AvgIpc) is 3.72. The topological polar surface area (TPSA) is 119 Å². The molecule has 2 aliphatic rings. The van der Waals surface area contributed by atoms with Crippen LogP contribution in [-0.2, 0) is 7.05 Å². The van der Waals surface area contributed by atoms with Crippen LogP contribution in [0.1, 0.15) is 28.8 Å². The minimum atomic E-state index is -1.40. The van der Waals surface area contributed by atoms with Crippen molar-refractivity contribution in [3.8, 4) is 0 Å². The fourth-order valence-electron chi connectivity index (χ4n) is 4.66. The first kappa shape index (κ1) is 26.0. The number of benzene rings is 2. The van der Waals surface area contributed by atoms with Crippen molar-refractivity contribution in [2.24, 2.45) is 7.05 Å². The van der Waals surface area contributed by atoms with E-state index in [1.54, 1.807) is 43.3 Å². The Hall–Kier alpha value is -3.65. The highest BCUT2D eigenvalue weighted by Crippen LogP contribution is 2.45. The van der Waals surface area contributed by atoms with Gasteiger partial charge in [-0.15, -0.1) is 0 Å². The van der Waals surface area contributed by atoms with E-state index < -0.39 is 29.7 Å². The van der Waals surface area contributed by atoms with Crippen LogP contribution in [0.15, 0.2) is 47.3 Å². The highest BCUT2D eigenvalue weighted by Gasteiger charge is 2.47. The van der Waals surface area contributed by atoms with Crippen LogP contribution < -0.4 is 26.4 Å². The Morgan fingerprint density at radius 1 is 1.16 bits per heavy atom. The van der Waals surface area contributed by atoms with Crippen LogP contribution in [0.2, 0.25) is 0 Å². The van der Waals surface area contributed by atoms with E-state index >= 15 is 0 Å². The van der Waals surface area contributed by atoms with Gasteiger partial charge in [-0.25, -0.2) is 9.18 Å². The molecule has 0 radical (unpaired) electrons. The standard InChI is InChI=1S/C26H26FIN6O4/c1-13-21-20(22(32(3)23(13)35)31-19-10-7-14(28)11-18(19)27)24(36)34(16-8-9-16)26(38)33(21)17-6-4-5-15(12-17)30-25(37)29-2/h4-7,10-12,16,26,31,38H,8-9H2,1-3H3,(H2,29,30,37). The van der Waals surface area contributed by atoms with Gasteiger partial charge in [0.1, 0.15) is 17.2 Å². The number of fused-ring (bicyclic) bond motifs is 1. The average molecular weight is 632 g/mol. The number of carbonyl (C=O) groups excluding carboxylic acids is 2. The van der Waals surface area contributed by atoms with E-state index in [0.717, 1.165) is 12.8 Å². The summed E-state index contributed by atoms with van der Waals surface area (Å²) >= 11 is 2.00. The van der Waals surface area contributed by atoms with E-state index in [0.29, 0.717) is 14.9 Å². The molecule has 1 aliphatic heterocycles. The Balaban J connectivity index is 1.73. The van der Waals surface area contributed by atoms with E-state index in [4.69, 9.17) is 0 Å². The van der Waals surface area contributed by atoms with Gasteiger partial charge in [0.05, 0.1) is 11.4 Å². The van der Waals surface area contributed by atoms with E-state index in [1.807, 2.05) is 22.6 Å². The van der Waals surface area contributed by atoms with Crippen molar-refractivity contribution in [3.63, 3.8) is 0 Å². The van der Waals surface area contributed by atoms with Crippen LogP contribution >= 0.6 is 22.6 Å². The Morgan fingerprint density at radius 3 is 2.55 bits per heavy atom. The lowest BCUT2D eigenvalue weighted by Crippen LogP contribution is -2.55. The van der Waals surface area contributed by atoms with Gasteiger partial charge in [0.15, 0.2) is 0 Å². The van der Waals surface area contributed by atoms with Crippen molar-refractivity contribution in [2.45, 2.75) is 32.2 Å². The molecule has 1 atom stereocenters. The summed E-state index contributed by atoms with van der Waals surface area (Å²) in [7, 11) is 3.01. The monoisotopic (exact) mass is 632 g/mol. The number of aliphatic hydroxyl groups is 1. The molecule has 10 nitrogen and oxygen atoms in total. The predicted octanol–water partition coefficient (Wildman–Crippen LogP) is 3.96. The van der Waals surface area contributed by atoms with Gasteiger partial charge in [0.25, 0.3) is 11.5 Å². The lowest BCUT2D eigenvalue weighted by Gasteiger charge is -2.44. The second-order valence-corrected chi connectivity index (χ2v) is 10.5. The van der Waals surface area contributed by atoms with Gasteiger partial charge in [0.2, 0.25) is 6.35 Å². The number of hydrogen-bond acceptors (Lipinski definition) is 6. The Morgan fingerprint density at radius 2 is 1.89 bits per heavy atom. The summed E-state index contributed by atoms with van der Waals surface area (Å²) in [6, 6.07) is 10.7. The molecular weight excluding hydrogens is 606 g/mol. The number of halogens is 2. The number of carbonyl (C=O) groups is 2. The predicted molar refractivity (Wildman–Crippen MR) is 151 cm³/mol. The second-order valence-electron chi connectivity index (χ2n) is 9.23. The third-order valence-electron chi connectivity index (χ3n) is 6.69. The third-order valence-corrected chi connectivity index (χ3v) is 7.36. The molecule has 0 spiro atoms. The number of pyridine rings is 1. The van der Waals surface area contributed by atoms with Crippen LogP contribution in [0, 0.1) is 16.3 Å². The van der Waals surface area contributed by atoms with Gasteiger partial charge >= 0.3 is 6.03 Å². The van der Waals surface area contributed by atoms with Crippen molar-refractivity contribution in [3.05, 3.63) is 73.3 Å². The summed E-state index contributed by atoms with van der Waals surface area (Å²) < 4.78 is 16.8. The molecule has 0 bridgehead atoms. The summed E-state index contributed by atoms with van der Waals surface area (Å²) in [5, 5.41) is 19.7. The van der Waals surface area contributed by atoms with Crippen molar-refractivity contribution >= 4 is 63.1 Å². The van der Waals surface area contributed by atoms with Gasteiger partial charge in [0, 0.05) is 40.6 Å². The number of anilines is 5. The lowest BCUT2D eigenvalue weighted by molar-refractivity contribution is 0.00338. The maximum atomic E-state index is 14.8. The lowest BCUT2D eigenvalue weighted by atomic mass is 10.0. The maximum absolute atomic E-state index is 14.8. The van der Waals surface area contributed by atoms with Crippen LogP contribution in [-0.4, -0.2) is 46.0 Å². The Bertz CT molecular complexity index is 1520. The fraction of sp³-hybridized carbons (Fsp3) is 0.269. The Labute approximate surface area is 231 Å². The fourth-order valence-corrected chi connectivity index (χ4v) is 5.11. The molecule has 2 heterocycles. The largest absolute Gasteiger partial charge is 0.356 e. The molecule has 1 saturated carbocycles. The van der Waals surface area contributed by atoms with Gasteiger partial charge in [-0.05, 0) is 78.8 Å². The molecule has 4 N–H and O–H groups in total. The van der Waals surface area contributed by atoms with Gasteiger partial charge in [-0.1, -0.05) is 6.07 Å². The van der Waals surface area contributed by atoms with E-state index in [9.17, 15) is 23.9 Å². The summed E-state index contributed by atoms with van der Waals surface area (Å²) in [5.41, 5.74) is 1.19. The number of urea groups is 1. The zero-order valence-corrected chi connectivity index (χ0v) is 23.0. The highest BCUT2D eigenvalue weighted by atomic mass is 127. The van der Waals surface area contributed by atoms with E-state index in [2.05, 4.69) is 16.0 Å². The van der Waals surface area contributed by atoms with Gasteiger partial charge in [-0.2, -0.15) is 0 Å². The summed E-state index contributed by atoms with van der Waals surface area (Å²) in [6.45, 7) is 1.59. The van der Waals surface area contributed by atoms with Crippen molar-refractivity contribution < 1.29 is 19.1 Å². The van der Waals surface area contributed by atoms with Crippen LogP contribution in [0.5, 0.6) is 0 Å². The zero-order chi connectivity index (χ0) is 27.3. The molecular formula is C26H26FIN6O4. The maximum Gasteiger partial charge on any atom is 0.318 e. The minimum absolute atomic E-state index is 0.103. The summed E-state index contributed by atoms with van der Waals surface area (Å²) in [6.07, 6.45) is 0.0546. The van der Waals surface area contributed by atoms with Crippen molar-refractivity contribution in [2.75, 3.05) is 22.6 Å². The zero-order valence-electron chi connectivity index (χ0n) is 20.9. The number of rotatable bonds is 5. The third kappa shape index (κ3) is 4.47. The quantitative estimate of drug-likeness (QED) is 0.317. The molecule has 2 aromatic carbocycles. The molecule has 38 heavy (non-hydrogen) atoms. The van der Waals surface area contributed by atoms with Crippen molar-refractivity contribution in [1.82, 2.24) is 14.8 Å². The number of hydrogen-bond donors (Lipinski definition) is 4. The molecule has 3 amide bonds. The van der Waals surface area contributed by atoms with Gasteiger partial charge < -0.3 is 21.1 Å². The molecule has 1 aliphatic carbocycles. The number of nitrogens with one attached hydrogen (secondary N) is 3. The molecule has 198 valence electrons. The Kier molecular flexibility index (Phi) is 6.77. The molecule has 1 aromatic heterocycles. The first-order chi connectivity index (χ1) is 18.1. The first-order valence-corrected chi connectivity index (χ1v) is 13.0. The highest BCUT2D eigenvalue weighted by molar-refractivity contribution is 14.1. The number of nitrogens with zero attached hydrogens (tertiary/aromatic N) is 3. The van der Waals surface area contributed by atoms with Crippen LogP contribution in [0.4, 0.5) is 37.8 Å². The summed E-state index contributed by atoms with van der Waals surface area (Å²) in [5.74, 6) is -0.883. The van der Waals surface area contributed by atoms with Crippen LogP contribution in [0.3, 0.4) is 0 Å². The second kappa shape index (κ2) is 9.91. The molecule has 3 aromatic rings. The molecule has 5 rings (SSSR count). The normalized spacial score (nSPS) is 16.8. The molecule has 12 heteroatoms. The number of aliphatic hydroxyl groups excluding tert-OH is 1. The van der Waals surface area contributed by atoms with E-state index in [1.165, 1.54) is 34.5 Å². The first-order valence-electron chi connectivity index (χ1n) is 12.0. The molecule has 0 saturated heterocycles. The van der Waals surface area contributed by atoms with Gasteiger partial charge in [-0.3, -0.25) is 24.0 Å². The number of aromatic nitrogens is 1. The van der Waals surface area contributed by atoms with Crippen LogP contribution in [0.25, 0.3) is 0 Å². The van der Waals surface area contributed by atoms with Crippen molar-refractivity contribution in [1.29, 1.82) is 0 Å². The minimum Gasteiger partial charge on any atom is -0.356 e. The SMILES string of the molecule is CNC(=O)Nc1cccc(N2c3c(c(Nc4ccc(I)cc4F)n(C)c(=O)c3C)C(=O)N(C3CC3)C2O)c1. The van der Waals surface area contributed by atoms with E-state index in [-0.39, 0.29) is 34.4 Å². The molecule has 1 fully saturated rings. The molecule has 1 unspecified atom stereocenters. The number of amides is 3.